The second-order valence-corrected chi connectivity index (χ2v) is 7.97. The highest BCUT2D eigenvalue weighted by Crippen LogP contribution is 2.54. The molecule has 1 aromatic rings. The van der Waals surface area contributed by atoms with E-state index < -0.39 is 58.5 Å². The van der Waals surface area contributed by atoms with E-state index in [1.54, 1.807) is 0 Å². The first-order valence-corrected chi connectivity index (χ1v) is 8.54. The van der Waals surface area contributed by atoms with Gasteiger partial charge in [0, 0.05) is 11.8 Å². The molecule has 0 radical (unpaired) electrons. The largest absolute Gasteiger partial charge is 0.458 e. The summed E-state index contributed by atoms with van der Waals surface area (Å²) in [5.41, 5.74) is -4.78. The van der Waals surface area contributed by atoms with E-state index in [1.165, 1.54) is 27.7 Å². The molecule has 0 spiro atoms. The summed E-state index contributed by atoms with van der Waals surface area (Å²) in [6.45, 7) is 6.52. The number of carbonyl (C=O) groups is 2. The van der Waals surface area contributed by atoms with Gasteiger partial charge in [-0.1, -0.05) is 13.0 Å². The maximum absolute atomic E-state index is 14.1. The van der Waals surface area contributed by atoms with Crippen molar-refractivity contribution in [1.82, 2.24) is 0 Å². The van der Waals surface area contributed by atoms with Crippen molar-refractivity contribution in [3.8, 4) is 0 Å². The van der Waals surface area contributed by atoms with E-state index in [-0.39, 0.29) is 11.8 Å². The van der Waals surface area contributed by atoms with Crippen LogP contribution in [-0.2, 0) is 14.3 Å². The SMILES string of the molecule is C[C@H]1[C@@H](c2ccc(F)c(F)c2C=O)[C@H](C(=O)OC(C)(C)C)O[C@@]1(C)C(F)(F)F. The molecule has 0 bridgehead atoms. The molecule has 1 saturated heterocycles. The van der Waals surface area contributed by atoms with Gasteiger partial charge in [-0.25, -0.2) is 13.6 Å². The van der Waals surface area contributed by atoms with Crippen LogP contribution in [0.1, 0.15) is 56.5 Å². The summed E-state index contributed by atoms with van der Waals surface area (Å²) in [5.74, 6) is -6.68. The van der Waals surface area contributed by atoms with Crippen LogP contribution >= 0.6 is 0 Å². The van der Waals surface area contributed by atoms with Crippen molar-refractivity contribution in [3.63, 3.8) is 0 Å². The van der Waals surface area contributed by atoms with Gasteiger partial charge in [0.1, 0.15) is 5.60 Å². The van der Waals surface area contributed by atoms with Gasteiger partial charge in [-0.2, -0.15) is 13.2 Å². The molecule has 156 valence electrons. The lowest BCUT2D eigenvalue weighted by molar-refractivity contribution is -0.274. The van der Waals surface area contributed by atoms with Crippen LogP contribution in [0.25, 0.3) is 0 Å². The van der Waals surface area contributed by atoms with Gasteiger partial charge in [0.15, 0.2) is 29.6 Å². The van der Waals surface area contributed by atoms with Gasteiger partial charge in [0.05, 0.1) is 5.56 Å². The van der Waals surface area contributed by atoms with Gasteiger partial charge in [0.25, 0.3) is 0 Å². The lowest BCUT2D eigenvalue weighted by Gasteiger charge is -2.31. The third-order valence-electron chi connectivity index (χ3n) is 4.95. The number of halogens is 5. The monoisotopic (exact) mass is 408 g/mol. The zero-order valence-electron chi connectivity index (χ0n) is 16.0. The molecule has 0 aromatic heterocycles. The third-order valence-corrected chi connectivity index (χ3v) is 4.95. The average Bonchev–Trinajstić information content (AvgIpc) is 2.81. The van der Waals surface area contributed by atoms with Crippen LogP contribution in [0.15, 0.2) is 12.1 Å². The first-order valence-electron chi connectivity index (χ1n) is 8.54. The molecule has 0 unspecified atom stereocenters. The number of aldehydes is 1. The fourth-order valence-electron chi connectivity index (χ4n) is 3.35. The molecule has 2 rings (SSSR count). The first-order chi connectivity index (χ1) is 12.6. The number of rotatable bonds is 3. The van der Waals surface area contributed by atoms with Gasteiger partial charge in [-0.05, 0) is 39.3 Å². The van der Waals surface area contributed by atoms with E-state index in [4.69, 9.17) is 9.47 Å². The molecular weight excluding hydrogens is 387 g/mol. The number of hydrogen-bond acceptors (Lipinski definition) is 4. The summed E-state index contributed by atoms with van der Waals surface area (Å²) in [5, 5.41) is 0. The fraction of sp³-hybridized carbons (Fsp3) is 0.579. The van der Waals surface area contributed by atoms with E-state index in [0.717, 1.165) is 13.0 Å². The predicted molar refractivity (Wildman–Crippen MR) is 88.8 cm³/mol. The predicted octanol–water partition coefficient (Wildman–Crippen LogP) is 4.56. The summed E-state index contributed by atoms with van der Waals surface area (Å²) >= 11 is 0. The Morgan fingerprint density at radius 3 is 2.25 bits per heavy atom. The van der Waals surface area contributed by atoms with Crippen molar-refractivity contribution in [1.29, 1.82) is 0 Å². The summed E-state index contributed by atoms with van der Waals surface area (Å²) in [7, 11) is 0. The Labute approximate surface area is 159 Å². The zero-order chi connectivity index (χ0) is 21.7. The van der Waals surface area contributed by atoms with Crippen molar-refractivity contribution in [2.75, 3.05) is 0 Å². The van der Waals surface area contributed by atoms with Crippen LogP contribution in [0.2, 0.25) is 0 Å². The molecule has 1 heterocycles. The minimum absolute atomic E-state index is 0.00979. The van der Waals surface area contributed by atoms with Crippen molar-refractivity contribution >= 4 is 12.3 Å². The Morgan fingerprint density at radius 1 is 1.21 bits per heavy atom. The topological polar surface area (TPSA) is 52.6 Å². The average molecular weight is 408 g/mol. The van der Waals surface area contributed by atoms with Crippen LogP contribution in [0.5, 0.6) is 0 Å². The summed E-state index contributed by atoms with van der Waals surface area (Å²) in [4.78, 5) is 23.9. The van der Waals surface area contributed by atoms with Crippen molar-refractivity contribution < 1.29 is 41.0 Å². The highest BCUT2D eigenvalue weighted by molar-refractivity contribution is 5.81. The van der Waals surface area contributed by atoms with E-state index >= 15 is 0 Å². The second-order valence-electron chi connectivity index (χ2n) is 7.97. The molecule has 1 aliphatic rings. The molecule has 0 saturated carbocycles. The van der Waals surface area contributed by atoms with E-state index in [2.05, 4.69) is 0 Å². The Morgan fingerprint density at radius 2 is 1.79 bits per heavy atom. The highest BCUT2D eigenvalue weighted by atomic mass is 19.4. The van der Waals surface area contributed by atoms with E-state index in [9.17, 15) is 31.5 Å². The second kappa shape index (κ2) is 7.09. The van der Waals surface area contributed by atoms with Crippen LogP contribution in [0.3, 0.4) is 0 Å². The van der Waals surface area contributed by atoms with E-state index in [1.807, 2.05) is 0 Å². The number of esters is 1. The molecule has 1 aliphatic heterocycles. The number of carbonyl (C=O) groups excluding carboxylic acids is 2. The van der Waals surface area contributed by atoms with Crippen LogP contribution < -0.4 is 0 Å². The highest BCUT2D eigenvalue weighted by Gasteiger charge is 2.66. The summed E-state index contributed by atoms with van der Waals surface area (Å²) in [6.07, 6.45) is -6.61. The summed E-state index contributed by atoms with van der Waals surface area (Å²) < 4.78 is 79.0. The molecule has 9 heteroatoms. The fourth-order valence-corrected chi connectivity index (χ4v) is 3.35. The van der Waals surface area contributed by atoms with Gasteiger partial charge >= 0.3 is 12.1 Å². The molecule has 4 nitrogen and oxygen atoms in total. The van der Waals surface area contributed by atoms with Crippen molar-refractivity contribution in [3.05, 3.63) is 34.9 Å². The van der Waals surface area contributed by atoms with Crippen LogP contribution in [0.4, 0.5) is 22.0 Å². The van der Waals surface area contributed by atoms with Crippen LogP contribution in [0, 0.1) is 17.6 Å². The molecule has 0 amide bonds. The standard InChI is InChI=1S/C19H21F5O4/c1-9-13(10-6-7-12(20)14(21)11(10)8-25)15(16(26)28-17(2,3)4)27-18(9,5)19(22,23)24/h6-9,13,15H,1-5H3/t9-,13-,15+,18+/m0/s1. The number of ether oxygens (including phenoxy) is 2. The van der Waals surface area contributed by atoms with Gasteiger partial charge in [-0.15, -0.1) is 0 Å². The molecule has 1 fully saturated rings. The number of hydrogen-bond donors (Lipinski definition) is 0. The lowest BCUT2D eigenvalue weighted by atomic mass is 9.76. The lowest BCUT2D eigenvalue weighted by Crippen LogP contribution is -2.47. The van der Waals surface area contributed by atoms with Crippen molar-refractivity contribution in [2.24, 2.45) is 5.92 Å². The molecule has 28 heavy (non-hydrogen) atoms. The van der Waals surface area contributed by atoms with Gasteiger partial charge in [-0.3, -0.25) is 4.79 Å². The Kier molecular flexibility index (Phi) is 5.64. The zero-order valence-corrected chi connectivity index (χ0v) is 16.0. The van der Waals surface area contributed by atoms with E-state index in [0.29, 0.717) is 6.07 Å². The first kappa shape index (κ1) is 22.3. The normalized spacial score (nSPS) is 28.3. The molecule has 1 aromatic carbocycles. The van der Waals surface area contributed by atoms with Crippen molar-refractivity contribution in [2.45, 2.75) is 64.0 Å². The maximum atomic E-state index is 14.1. The quantitative estimate of drug-likeness (QED) is 0.418. The number of benzene rings is 1. The maximum Gasteiger partial charge on any atom is 0.417 e. The van der Waals surface area contributed by atoms with Gasteiger partial charge in [0.2, 0.25) is 0 Å². The molecular formula is C19H21F5O4. The smallest absolute Gasteiger partial charge is 0.417 e. The minimum atomic E-state index is -4.86. The Hall–Kier alpha value is -2.03. The molecule has 0 aliphatic carbocycles. The minimum Gasteiger partial charge on any atom is -0.458 e. The Balaban J connectivity index is 2.65. The van der Waals surface area contributed by atoms with Crippen LogP contribution in [-0.4, -0.2) is 35.7 Å². The Bertz CT molecular complexity index is 784. The third kappa shape index (κ3) is 3.76. The molecule has 4 atom stereocenters. The number of alkyl halides is 3. The van der Waals surface area contributed by atoms with Gasteiger partial charge < -0.3 is 9.47 Å². The summed E-state index contributed by atoms with van der Waals surface area (Å²) in [6, 6.07) is 1.69. The molecule has 0 N–H and O–H groups in total.